The van der Waals surface area contributed by atoms with E-state index in [1.165, 1.54) is 12.3 Å². The van der Waals surface area contributed by atoms with E-state index in [1.54, 1.807) is 20.8 Å². The number of ether oxygens (including phenoxy) is 1. The Morgan fingerprint density at radius 2 is 2.05 bits per heavy atom. The molecule has 0 radical (unpaired) electrons. The van der Waals surface area contributed by atoms with Gasteiger partial charge in [0.25, 0.3) is 5.56 Å². The van der Waals surface area contributed by atoms with Gasteiger partial charge in [-0.1, -0.05) is 13.8 Å². The number of amides is 1. The third-order valence-corrected chi connectivity index (χ3v) is 2.32. The van der Waals surface area contributed by atoms with Crippen LogP contribution in [0.15, 0.2) is 17.1 Å². The zero-order valence-corrected chi connectivity index (χ0v) is 12.0. The SMILES string of the molecule is CC(C)C(NC(=O)OC(C)(C)C)c1nccc(=O)[nH]1. The van der Waals surface area contributed by atoms with E-state index in [4.69, 9.17) is 4.74 Å². The molecule has 0 fully saturated rings. The Balaban J connectivity index is 2.85. The molecule has 0 bridgehead atoms. The van der Waals surface area contributed by atoms with Gasteiger partial charge in [0, 0.05) is 12.3 Å². The van der Waals surface area contributed by atoms with Gasteiger partial charge in [0.2, 0.25) is 0 Å². The van der Waals surface area contributed by atoms with E-state index in [1.807, 2.05) is 13.8 Å². The van der Waals surface area contributed by atoms with Gasteiger partial charge in [-0.25, -0.2) is 9.78 Å². The first-order chi connectivity index (χ1) is 8.69. The zero-order valence-electron chi connectivity index (χ0n) is 12.0. The standard InChI is InChI=1S/C13H21N3O3/c1-8(2)10(11-14-7-6-9(17)15-11)16-12(18)19-13(3,4)5/h6-8,10H,1-5H3,(H,16,18)(H,14,15,17). The lowest BCUT2D eigenvalue weighted by molar-refractivity contribution is 0.0486. The number of aromatic amines is 1. The van der Waals surface area contributed by atoms with E-state index in [0.717, 1.165) is 0 Å². The minimum absolute atomic E-state index is 0.0677. The van der Waals surface area contributed by atoms with Gasteiger partial charge < -0.3 is 15.0 Å². The second kappa shape index (κ2) is 5.86. The first kappa shape index (κ1) is 15.2. The molecule has 1 amide bonds. The van der Waals surface area contributed by atoms with E-state index in [0.29, 0.717) is 5.82 Å². The Hall–Kier alpha value is -1.85. The van der Waals surface area contributed by atoms with Crippen molar-refractivity contribution < 1.29 is 9.53 Å². The number of H-pyrrole nitrogens is 1. The molecular formula is C13H21N3O3. The molecule has 106 valence electrons. The maximum Gasteiger partial charge on any atom is 0.408 e. The summed E-state index contributed by atoms with van der Waals surface area (Å²) in [6.07, 6.45) is 0.887. The predicted molar refractivity (Wildman–Crippen MR) is 71.8 cm³/mol. The third kappa shape index (κ3) is 5.11. The summed E-state index contributed by atoms with van der Waals surface area (Å²) in [5.41, 5.74) is -0.815. The number of aromatic nitrogens is 2. The molecule has 1 aromatic heterocycles. The minimum Gasteiger partial charge on any atom is -0.444 e. The predicted octanol–water partition coefficient (Wildman–Crippen LogP) is 1.99. The fourth-order valence-electron chi connectivity index (χ4n) is 1.53. The van der Waals surface area contributed by atoms with Gasteiger partial charge >= 0.3 is 6.09 Å². The highest BCUT2D eigenvalue weighted by Crippen LogP contribution is 2.18. The Morgan fingerprint density at radius 3 is 2.53 bits per heavy atom. The van der Waals surface area contributed by atoms with Crippen LogP contribution in [-0.2, 0) is 4.74 Å². The van der Waals surface area contributed by atoms with Crippen LogP contribution in [0, 0.1) is 5.92 Å². The molecule has 0 aliphatic heterocycles. The number of rotatable bonds is 3. The number of hydrogen-bond donors (Lipinski definition) is 2. The van der Waals surface area contributed by atoms with E-state index in [-0.39, 0.29) is 11.5 Å². The molecule has 1 rings (SSSR count). The van der Waals surface area contributed by atoms with Crippen molar-refractivity contribution in [3.05, 3.63) is 28.4 Å². The highest BCUT2D eigenvalue weighted by molar-refractivity contribution is 5.68. The first-order valence-corrected chi connectivity index (χ1v) is 6.24. The van der Waals surface area contributed by atoms with Crippen molar-refractivity contribution in [2.75, 3.05) is 0 Å². The zero-order chi connectivity index (χ0) is 14.6. The fourth-order valence-corrected chi connectivity index (χ4v) is 1.53. The highest BCUT2D eigenvalue weighted by atomic mass is 16.6. The van der Waals surface area contributed by atoms with Crippen LogP contribution in [0.2, 0.25) is 0 Å². The largest absolute Gasteiger partial charge is 0.444 e. The van der Waals surface area contributed by atoms with Crippen LogP contribution >= 0.6 is 0 Å². The lowest BCUT2D eigenvalue weighted by atomic mass is 10.0. The number of hydrogen-bond acceptors (Lipinski definition) is 4. The number of nitrogens with zero attached hydrogens (tertiary/aromatic N) is 1. The molecule has 0 spiro atoms. The van der Waals surface area contributed by atoms with Gasteiger partial charge in [0.05, 0.1) is 6.04 Å². The Kier molecular flexibility index (Phi) is 4.69. The quantitative estimate of drug-likeness (QED) is 0.877. The molecule has 0 saturated carbocycles. The molecule has 1 unspecified atom stereocenters. The Labute approximate surface area is 112 Å². The van der Waals surface area contributed by atoms with Crippen molar-refractivity contribution >= 4 is 6.09 Å². The van der Waals surface area contributed by atoms with Gasteiger partial charge in [-0.2, -0.15) is 0 Å². The molecule has 2 N–H and O–H groups in total. The lowest BCUT2D eigenvalue weighted by Crippen LogP contribution is -2.38. The molecule has 1 aromatic rings. The van der Waals surface area contributed by atoms with E-state index < -0.39 is 17.7 Å². The molecule has 0 aliphatic carbocycles. The summed E-state index contributed by atoms with van der Waals surface area (Å²) in [5.74, 6) is 0.492. The van der Waals surface area contributed by atoms with Crippen LogP contribution < -0.4 is 10.9 Å². The van der Waals surface area contributed by atoms with Crippen molar-refractivity contribution in [2.45, 2.75) is 46.3 Å². The third-order valence-electron chi connectivity index (χ3n) is 2.32. The summed E-state index contributed by atoms with van der Waals surface area (Å²) in [6, 6.07) is 0.928. The van der Waals surface area contributed by atoms with Crippen LogP contribution in [0.25, 0.3) is 0 Å². The maximum atomic E-state index is 11.8. The normalized spacial score (nSPS) is 13.2. The molecule has 1 heterocycles. The molecule has 6 heteroatoms. The monoisotopic (exact) mass is 267 g/mol. The molecule has 19 heavy (non-hydrogen) atoms. The van der Waals surface area contributed by atoms with Crippen molar-refractivity contribution in [1.29, 1.82) is 0 Å². The minimum atomic E-state index is -0.566. The Morgan fingerprint density at radius 1 is 1.42 bits per heavy atom. The van der Waals surface area contributed by atoms with Gasteiger partial charge in [0.1, 0.15) is 11.4 Å². The summed E-state index contributed by atoms with van der Waals surface area (Å²) >= 11 is 0. The fraction of sp³-hybridized carbons (Fsp3) is 0.615. The molecule has 0 aliphatic rings. The number of nitrogens with one attached hydrogen (secondary N) is 2. The van der Waals surface area contributed by atoms with Crippen LogP contribution in [0.4, 0.5) is 4.79 Å². The van der Waals surface area contributed by atoms with Crippen LogP contribution in [0.1, 0.15) is 46.5 Å². The van der Waals surface area contributed by atoms with Crippen molar-refractivity contribution in [3.63, 3.8) is 0 Å². The Bertz CT molecular complexity index is 488. The smallest absolute Gasteiger partial charge is 0.408 e. The van der Waals surface area contributed by atoms with Crippen LogP contribution in [-0.4, -0.2) is 21.7 Å². The first-order valence-electron chi connectivity index (χ1n) is 6.24. The highest BCUT2D eigenvalue weighted by Gasteiger charge is 2.24. The molecule has 0 saturated heterocycles. The van der Waals surface area contributed by atoms with Gasteiger partial charge in [-0.3, -0.25) is 4.79 Å². The van der Waals surface area contributed by atoms with Crippen LogP contribution in [0.5, 0.6) is 0 Å². The molecular weight excluding hydrogens is 246 g/mol. The topological polar surface area (TPSA) is 84.1 Å². The summed E-state index contributed by atoms with van der Waals surface area (Å²) in [5, 5.41) is 2.72. The molecule has 0 aromatic carbocycles. The van der Waals surface area contributed by atoms with E-state index in [9.17, 15) is 9.59 Å². The van der Waals surface area contributed by atoms with Gasteiger partial charge in [0.15, 0.2) is 0 Å². The average Bonchev–Trinajstić information content (AvgIpc) is 2.23. The number of carbonyl (C=O) groups is 1. The summed E-state index contributed by atoms with van der Waals surface area (Å²) in [6.45, 7) is 9.23. The second-order valence-corrected chi connectivity index (χ2v) is 5.69. The average molecular weight is 267 g/mol. The summed E-state index contributed by atoms with van der Waals surface area (Å²) in [7, 11) is 0. The lowest BCUT2D eigenvalue weighted by Gasteiger charge is -2.25. The summed E-state index contributed by atoms with van der Waals surface area (Å²) < 4.78 is 5.20. The van der Waals surface area contributed by atoms with Crippen molar-refractivity contribution in [2.24, 2.45) is 5.92 Å². The van der Waals surface area contributed by atoms with Crippen LogP contribution in [0.3, 0.4) is 0 Å². The van der Waals surface area contributed by atoms with Crippen molar-refractivity contribution in [3.8, 4) is 0 Å². The molecule has 6 nitrogen and oxygen atoms in total. The van der Waals surface area contributed by atoms with Gasteiger partial charge in [-0.05, 0) is 26.7 Å². The maximum absolute atomic E-state index is 11.8. The summed E-state index contributed by atoms with van der Waals surface area (Å²) in [4.78, 5) is 29.8. The number of alkyl carbamates (subject to hydrolysis) is 1. The van der Waals surface area contributed by atoms with Gasteiger partial charge in [-0.15, -0.1) is 0 Å². The second-order valence-electron chi connectivity index (χ2n) is 5.69. The van der Waals surface area contributed by atoms with Crippen molar-refractivity contribution in [1.82, 2.24) is 15.3 Å². The molecule has 1 atom stereocenters. The number of carbonyl (C=O) groups excluding carboxylic acids is 1. The van der Waals surface area contributed by atoms with E-state index >= 15 is 0 Å². The van der Waals surface area contributed by atoms with E-state index in [2.05, 4.69) is 15.3 Å².